The van der Waals surface area contributed by atoms with Crippen molar-refractivity contribution in [2.24, 2.45) is 0 Å². The lowest BCUT2D eigenvalue weighted by Crippen LogP contribution is -2.21. The van der Waals surface area contributed by atoms with Gasteiger partial charge in [-0.25, -0.2) is 0 Å². The maximum Gasteiger partial charge on any atom is 0.0362 e. The first-order chi connectivity index (χ1) is 14.8. The molecule has 0 aromatic heterocycles. The van der Waals surface area contributed by atoms with E-state index < -0.39 is 0 Å². The summed E-state index contributed by atoms with van der Waals surface area (Å²) < 4.78 is 0. The van der Waals surface area contributed by atoms with Crippen molar-refractivity contribution in [1.29, 1.82) is 0 Å². The van der Waals surface area contributed by atoms with Gasteiger partial charge >= 0.3 is 0 Å². The second-order valence-corrected chi connectivity index (χ2v) is 8.90. The van der Waals surface area contributed by atoms with Crippen molar-refractivity contribution < 1.29 is 0 Å². The number of allylic oxidation sites excluding steroid dienone is 6. The van der Waals surface area contributed by atoms with Crippen molar-refractivity contribution in [1.82, 2.24) is 9.80 Å². The van der Waals surface area contributed by atoms with E-state index in [-0.39, 0.29) is 0 Å². The molecule has 0 aliphatic carbocycles. The summed E-state index contributed by atoms with van der Waals surface area (Å²) in [5.41, 5.74) is 2.66. The zero-order valence-corrected chi connectivity index (χ0v) is 19.8. The fourth-order valence-electron chi connectivity index (χ4n) is 4.05. The topological polar surface area (TPSA) is 6.48 Å². The second-order valence-electron chi connectivity index (χ2n) is 8.90. The molecule has 2 aliphatic rings. The molecule has 0 aromatic carbocycles. The maximum atomic E-state index is 2.44. The Balaban J connectivity index is 1.57. The van der Waals surface area contributed by atoms with Gasteiger partial charge in [-0.05, 0) is 48.5 Å². The number of hydrogen-bond donors (Lipinski definition) is 0. The van der Waals surface area contributed by atoms with Crippen LogP contribution in [0.5, 0.6) is 0 Å². The van der Waals surface area contributed by atoms with Crippen LogP contribution in [0.25, 0.3) is 0 Å². The zero-order chi connectivity index (χ0) is 21.3. The molecular weight excluding hydrogens is 364 g/mol. The van der Waals surface area contributed by atoms with Crippen LogP contribution in [0.15, 0.2) is 60.0 Å². The molecule has 0 atom stereocenters. The van der Waals surface area contributed by atoms with Crippen molar-refractivity contribution in [2.75, 3.05) is 26.2 Å². The highest BCUT2D eigenvalue weighted by Gasteiger charge is 2.05. The summed E-state index contributed by atoms with van der Waals surface area (Å²) in [4.78, 5) is 4.88. The third-order valence-electron chi connectivity index (χ3n) is 6.14. The Hall–Kier alpha value is -1.70. The molecule has 168 valence electrons. The predicted octanol–water partition coefficient (Wildman–Crippen LogP) is 7.78. The lowest BCUT2D eigenvalue weighted by molar-refractivity contribution is 0.391. The Morgan fingerprint density at radius 3 is 1.37 bits per heavy atom. The van der Waals surface area contributed by atoms with E-state index >= 15 is 0 Å². The summed E-state index contributed by atoms with van der Waals surface area (Å²) >= 11 is 0. The normalized spacial score (nSPS) is 16.5. The van der Waals surface area contributed by atoms with Gasteiger partial charge in [0, 0.05) is 26.2 Å². The number of rotatable bonds is 16. The number of unbranched alkanes of at least 4 members (excludes halogenated alkanes) is 10. The molecule has 2 heteroatoms. The van der Waals surface area contributed by atoms with E-state index in [4.69, 9.17) is 0 Å². The van der Waals surface area contributed by atoms with Gasteiger partial charge in [0.25, 0.3) is 0 Å². The molecule has 0 N–H and O–H groups in total. The number of hydrogen-bond acceptors (Lipinski definition) is 2. The van der Waals surface area contributed by atoms with E-state index in [1.165, 1.54) is 101 Å². The quantitative estimate of drug-likeness (QED) is 0.240. The summed E-state index contributed by atoms with van der Waals surface area (Å²) in [7, 11) is 0. The fraction of sp³-hybridized carbons (Fsp3) is 0.643. The lowest BCUT2D eigenvalue weighted by atomic mass is 10.1. The Labute approximate surface area is 187 Å². The highest BCUT2D eigenvalue weighted by atomic mass is 15.1. The van der Waals surface area contributed by atoms with Gasteiger partial charge in [-0.2, -0.15) is 0 Å². The van der Waals surface area contributed by atoms with Crippen molar-refractivity contribution in [3.05, 3.63) is 60.0 Å². The molecule has 0 saturated carbocycles. The Bertz CT molecular complexity index is 542. The second kappa shape index (κ2) is 16.1. The van der Waals surface area contributed by atoms with E-state index in [2.05, 4.69) is 72.5 Å². The molecule has 0 unspecified atom stereocenters. The molecule has 0 spiro atoms. The van der Waals surface area contributed by atoms with Gasteiger partial charge in [-0.1, -0.05) is 102 Å². The van der Waals surface area contributed by atoms with Crippen molar-refractivity contribution in [3.8, 4) is 0 Å². The van der Waals surface area contributed by atoms with Crippen LogP contribution in [-0.4, -0.2) is 36.0 Å². The molecule has 0 fully saturated rings. The van der Waals surface area contributed by atoms with Crippen LogP contribution in [0.3, 0.4) is 0 Å². The first-order valence-corrected chi connectivity index (χ1v) is 12.7. The summed E-state index contributed by atoms with van der Waals surface area (Å²) in [5.74, 6) is 0. The molecule has 0 bridgehead atoms. The third kappa shape index (κ3) is 10.9. The van der Waals surface area contributed by atoms with Crippen molar-refractivity contribution in [3.63, 3.8) is 0 Å². The molecular formula is C28H46N2. The molecule has 0 radical (unpaired) electrons. The molecule has 2 nitrogen and oxygen atoms in total. The standard InChI is InChI=1S/C28H46N2/c1-3-5-7-9-11-13-21-29-23-17-27(18-24-29)15-16-28-19-25-30(26-20-28)22-14-12-10-8-6-4-2/h15-20,23,25H,3-14,21-22,24,26H2,1-2H3. The smallest absolute Gasteiger partial charge is 0.0362 e. The van der Waals surface area contributed by atoms with Gasteiger partial charge in [0.05, 0.1) is 0 Å². The van der Waals surface area contributed by atoms with Crippen LogP contribution in [0.1, 0.15) is 90.9 Å². The Morgan fingerprint density at radius 2 is 1.00 bits per heavy atom. The molecule has 2 rings (SSSR count). The van der Waals surface area contributed by atoms with Crippen LogP contribution in [0, 0.1) is 0 Å². The molecule has 0 saturated heterocycles. The van der Waals surface area contributed by atoms with Crippen molar-refractivity contribution >= 4 is 0 Å². The van der Waals surface area contributed by atoms with Gasteiger partial charge in [0.2, 0.25) is 0 Å². The zero-order valence-electron chi connectivity index (χ0n) is 19.8. The van der Waals surface area contributed by atoms with E-state index in [9.17, 15) is 0 Å². The van der Waals surface area contributed by atoms with Crippen LogP contribution in [-0.2, 0) is 0 Å². The maximum absolute atomic E-state index is 2.44. The van der Waals surface area contributed by atoms with E-state index in [1.54, 1.807) is 0 Å². The van der Waals surface area contributed by atoms with E-state index in [0.29, 0.717) is 0 Å². The van der Waals surface area contributed by atoms with Crippen LogP contribution < -0.4 is 0 Å². The van der Waals surface area contributed by atoms with Crippen molar-refractivity contribution in [2.45, 2.75) is 90.9 Å². The van der Waals surface area contributed by atoms with Crippen LogP contribution in [0.2, 0.25) is 0 Å². The lowest BCUT2D eigenvalue weighted by Gasteiger charge is -2.22. The SMILES string of the molecule is CCCCCCCCN1C=CC(C=CC2=CCN(CCCCCCCC)C=C2)=CC1. The van der Waals surface area contributed by atoms with Gasteiger partial charge in [0.1, 0.15) is 0 Å². The molecule has 2 aliphatic heterocycles. The molecule has 2 heterocycles. The van der Waals surface area contributed by atoms with E-state index in [0.717, 1.165) is 13.1 Å². The monoisotopic (exact) mass is 410 g/mol. The largest absolute Gasteiger partial charge is 0.374 e. The summed E-state index contributed by atoms with van der Waals surface area (Å²) in [5, 5.41) is 0. The first-order valence-electron chi connectivity index (χ1n) is 12.7. The average Bonchev–Trinajstić information content (AvgIpc) is 2.79. The van der Waals surface area contributed by atoms with Gasteiger partial charge in [-0.15, -0.1) is 0 Å². The van der Waals surface area contributed by atoms with Gasteiger partial charge < -0.3 is 9.80 Å². The fourth-order valence-corrected chi connectivity index (χ4v) is 4.05. The van der Waals surface area contributed by atoms with Gasteiger partial charge in [-0.3, -0.25) is 0 Å². The average molecular weight is 411 g/mol. The minimum absolute atomic E-state index is 1.05. The van der Waals surface area contributed by atoms with Crippen LogP contribution in [0.4, 0.5) is 0 Å². The highest BCUT2D eigenvalue weighted by Crippen LogP contribution is 2.15. The Morgan fingerprint density at radius 1 is 0.600 bits per heavy atom. The van der Waals surface area contributed by atoms with E-state index in [1.807, 2.05) is 0 Å². The minimum atomic E-state index is 1.05. The summed E-state index contributed by atoms with van der Waals surface area (Å²) in [6, 6.07) is 0. The highest BCUT2D eigenvalue weighted by molar-refractivity contribution is 5.41. The summed E-state index contributed by atoms with van der Waals surface area (Å²) in [6.45, 7) is 9.04. The Kier molecular flexibility index (Phi) is 13.1. The molecule has 0 aromatic rings. The summed E-state index contributed by atoms with van der Waals surface area (Å²) in [6.07, 6.45) is 34.7. The minimum Gasteiger partial charge on any atom is -0.374 e. The van der Waals surface area contributed by atoms with Crippen LogP contribution >= 0.6 is 0 Å². The predicted molar refractivity (Wildman–Crippen MR) is 133 cm³/mol. The molecule has 0 amide bonds. The van der Waals surface area contributed by atoms with Gasteiger partial charge in [0.15, 0.2) is 0 Å². The first kappa shape index (κ1) is 24.6. The molecule has 30 heavy (non-hydrogen) atoms. The third-order valence-corrected chi connectivity index (χ3v) is 6.14. The number of nitrogens with zero attached hydrogens (tertiary/aromatic N) is 2.